The van der Waals surface area contributed by atoms with E-state index >= 15 is 0 Å². The molecule has 1 heterocycles. The first-order valence-electron chi connectivity index (χ1n) is 7.31. The van der Waals surface area contributed by atoms with Crippen molar-refractivity contribution in [2.24, 2.45) is 17.6 Å². The maximum atomic E-state index is 13.1. The molecule has 3 unspecified atom stereocenters. The fourth-order valence-corrected chi connectivity index (χ4v) is 4.21. The molecule has 20 heavy (non-hydrogen) atoms. The molecule has 0 radical (unpaired) electrons. The van der Waals surface area contributed by atoms with Crippen LogP contribution in [-0.2, 0) is 12.8 Å². The van der Waals surface area contributed by atoms with E-state index in [1.54, 1.807) is 11.3 Å². The molecule has 0 aliphatic heterocycles. The molecule has 1 aromatic rings. The van der Waals surface area contributed by atoms with Gasteiger partial charge in [-0.1, -0.05) is 19.8 Å². The van der Waals surface area contributed by atoms with Gasteiger partial charge in [0.2, 0.25) is 0 Å². The lowest BCUT2D eigenvalue weighted by atomic mass is 9.74. The number of halogens is 3. The fraction of sp³-hybridized carbons (Fsp3) is 0.733. The number of aryl methyl sites for hydroxylation is 1. The van der Waals surface area contributed by atoms with Gasteiger partial charge in [0.05, 0.1) is 5.92 Å². The van der Waals surface area contributed by atoms with E-state index in [0.29, 0.717) is 19.3 Å². The summed E-state index contributed by atoms with van der Waals surface area (Å²) < 4.78 is 39.3. The molecule has 5 heteroatoms. The van der Waals surface area contributed by atoms with Crippen molar-refractivity contribution in [3.8, 4) is 0 Å². The molecule has 1 aliphatic rings. The summed E-state index contributed by atoms with van der Waals surface area (Å²) in [6.45, 7) is 2.08. The normalized spacial score (nSPS) is 25.6. The SMILES string of the molecule is CCc1ccc(CC(N)C2CCCCC2C(F)(F)F)s1. The van der Waals surface area contributed by atoms with E-state index in [-0.39, 0.29) is 12.5 Å². The fourth-order valence-electron chi connectivity index (χ4n) is 3.18. The van der Waals surface area contributed by atoms with E-state index in [1.807, 2.05) is 6.07 Å². The molecule has 2 rings (SSSR count). The van der Waals surface area contributed by atoms with Gasteiger partial charge in [0.15, 0.2) is 0 Å². The third kappa shape index (κ3) is 3.76. The zero-order valence-electron chi connectivity index (χ0n) is 11.7. The van der Waals surface area contributed by atoms with Crippen molar-refractivity contribution >= 4 is 11.3 Å². The lowest BCUT2D eigenvalue weighted by molar-refractivity contribution is -0.198. The molecule has 0 saturated heterocycles. The standard InChI is InChI=1S/C15H22F3NS/c1-2-10-7-8-11(20-10)9-14(19)12-5-3-4-6-13(12)15(16,17)18/h7-8,12-14H,2-6,9,19H2,1H3. The van der Waals surface area contributed by atoms with Gasteiger partial charge in [0, 0.05) is 15.8 Å². The molecule has 2 N–H and O–H groups in total. The molecule has 1 aliphatic carbocycles. The Hall–Kier alpha value is -0.550. The van der Waals surface area contributed by atoms with Crippen molar-refractivity contribution in [3.63, 3.8) is 0 Å². The number of rotatable bonds is 4. The zero-order valence-corrected chi connectivity index (χ0v) is 12.6. The number of thiophene rings is 1. The third-order valence-corrected chi connectivity index (χ3v) is 5.54. The predicted octanol–water partition coefficient (Wildman–Crippen LogP) is 4.55. The molecule has 1 nitrogen and oxygen atoms in total. The average Bonchev–Trinajstić information content (AvgIpc) is 2.85. The van der Waals surface area contributed by atoms with Crippen molar-refractivity contribution in [1.82, 2.24) is 0 Å². The van der Waals surface area contributed by atoms with Crippen molar-refractivity contribution < 1.29 is 13.2 Å². The Morgan fingerprint density at radius 3 is 2.50 bits per heavy atom. The molecule has 0 aromatic carbocycles. The molecule has 1 fully saturated rings. The second-order valence-corrected chi connectivity index (χ2v) is 6.94. The Morgan fingerprint density at radius 1 is 1.25 bits per heavy atom. The second kappa shape index (κ2) is 6.48. The molecule has 1 aromatic heterocycles. The monoisotopic (exact) mass is 305 g/mol. The highest BCUT2D eigenvalue weighted by atomic mass is 32.1. The summed E-state index contributed by atoms with van der Waals surface area (Å²) in [5.41, 5.74) is 6.12. The summed E-state index contributed by atoms with van der Waals surface area (Å²) in [7, 11) is 0. The summed E-state index contributed by atoms with van der Waals surface area (Å²) >= 11 is 1.67. The van der Waals surface area contributed by atoms with Crippen LogP contribution in [0.2, 0.25) is 0 Å². The maximum absolute atomic E-state index is 13.1. The Kier molecular flexibility index (Phi) is 5.13. The van der Waals surface area contributed by atoms with Gasteiger partial charge in [-0.3, -0.25) is 0 Å². The van der Waals surface area contributed by atoms with E-state index in [0.717, 1.165) is 17.7 Å². The van der Waals surface area contributed by atoms with Gasteiger partial charge in [-0.15, -0.1) is 11.3 Å². The molecular formula is C15H22F3NS. The van der Waals surface area contributed by atoms with Crippen molar-refractivity contribution in [2.75, 3.05) is 0 Å². The highest BCUT2D eigenvalue weighted by Crippen LogP contribution is 2.43. The first kappa shape index (κ1) is 15.8. The molecular weight excluding hydrogens is 283 g/mol. The van der Waals surface area contributed by atoms with Gasteiger partial charge >= 0.3 is 6.18 Å². The summed E-state index contributed by atoms with van der Waals surface area (Å²) in [5, 5.41) is 0. The molecule has 114 valence electrons. The van der Waals surface area contributed by atoms with Crippen molar-refractivity contribution in [1.29, 1.82) is 0 Å². The van der Waals surface area contributed by atoms with Crippen LogP contribution in [0.15, 0.2) is 12.1 Å². The van der Waals surface area contributed by atoms with Crippen LogP contribution in [0.1, 0.15) is 42.4 Å². The third-order valence-electron chi connectivity index (χ3n) is 4.29. The van der Waals surface area contributed by atoms with Crippen LogP contribution in [0.25, 0.3) is 0 Å². The van der Waals surface area contributed by atoms with Crippen LogP contribution in [0.4, 0.5) is 13.2 Å². The van der Waals surface area contributed by atoms with Crippen LogP contribution in [0.3, 0.4) is 0 Å². The van der Waals surface area contributed by atoms with Gasteiger partial charge < -0.3 is 5.73 Å². The van der Waals surface area contributed by atoms with Gasteiger partial charge in [0.1, 0.15) is 0 Å². The van der Waals surface area contributed by atoms with E-state index in [1.165, 1.54) is 4.88 Å². The first-order valence-corrected chi connectivity index (χ1v) is 8.13. The maximum Gasteiger partial charge on any atom is 0.392 e. The second-order valence-electron chi connectivity index (χ2n) is 5.69. The van der Waals surface area contributed by atoms with Crippen LogP contribution in [0.5, 0.6) is 0 Å². The Labute approximate surface area is 122 Å². The minimum Gasteiger partial charge on any atom is -0.327 e. The van der Waals surface area contributed by atoms with E-state index in [4.69, 9.17) is 5.73 Å². The Morgan fingerprint density at radius 2 is 1.90 bits per heavy atom. The summed E-state index contributed by atoms with van der Waals surface area (Å²) in [6, 6.07) is 3.68. The lowest BCUT2D eigenvalue weighted by Gasteiger charge is -2.36. The highest BCUT2D eigenvalue weighted by molar-refractivity contribution is 7.11. The molecule has 1 saturated carbocycles. The molecule has 3 atom stereocenters. The minimum atomic E-state index is -4.10. The average molecular weight is 305 g/mol. The molecule has 0 bridgehead atoms. The van der Waals surface area contributed by atoms with Gasteiger partial charge in [-0.2, -0.15) is 13.2 Å². The van der Waals surface area contributed by atoms with Crippen LogP contribution in [0, 0.1) is 11.8 Å². The van der Waals surface area contributed by atoms with Gasteiger partial charge in [0.25, 0.3) is 0 Å². The number of nitrogens with two attached hydrogens (primary N) is 1. The zero-order chi connectivity index (χ0) is 14.8. The van der Waals surface area contributed by atoms with E-state index in [2.05, 4.69) is 13.0 Å². The lowest BCUT2D eigenvalue weighted by Crippen LogP contribution is -2.44. The number of hydrogen-bond acceptors (Lipinski definition) is 2. The highest BCUT2D eigenvalue weighted by Gasteiger charge is 2.47. The summed E-state index contributed by atoms with van der Waals surface area (Å²) in [5.74, 6) is -1.63. The van der Waals surface area contributed by atoms with E-state index < -0.39 is 18.0 Å². The number of alkyl halides is 3. The quantitative estimate of drug-likeness (QED) is 0.867. The van der Waals surface area contributed by atoms with E-state index in [9.17, 15) is 13.2 Å². The van der Waals surface area contributed by atoms with Crippen molar-refractivity contribution in [3.05, 3.63) is 21.9 Å². The number of hydrogen-bond donors (Lipinski definition) is 1. The summed E-state index contributed by atoms with van der Waals surface area (Å²) in [4.78, 5) is 2.38. The Bertz CT molecular complexity index is 427. The smallest absolute Gasteiger partial charge is 0.327 e. The van der Waals surface area contributed by atoms with Gasteiger partial charge in [-0.25, -0.2) is 0 Å². The van der Waals surface area contributed by atoms with Gasteiger partial charge in [-0.05, 0) is 43.7 Å². The van der Waals surface area contributed by atoms with Crippen LogP contribution in [-0.4, -0.2) is 12.2 Å². The largest absolute Gasteiger partial charge is 0.392 e. The Balaban J connectivity index is 2.03. The van der Waals surface area contributed by atoms with Crippen LogP contribution >= 0.6 is 11.3 Å². The first-order chi connectivity index (χ1) is 9.41. The summed E-state index contributed by atoms with van der Waals surface area (Å²) in [6.07, 6.45) is -0.172. The molecule has 0 amide bonds. The van der Waals surface area contributed by atoms with Crippen molar-refractivity contribution in [2.45, 2.75) is 57.7 Å². The topological polar surface area (TPSA) is 26.0 Å². The molecule has 0 spiro atoms. The van der Waals surface area contributed by atoms with Crippen LogP contribution < -0.4 is 5.73 Å². The predicted molar refractivity (Wildman–Crippen MR) is 76.9 cm³/mol. The minimum absolute atomic E-state index is 0.243.